The molecular formula is C19H27N5O2. The van der Waals surface area contributed by atoms with Crippen molar-refractivity contribution in [3.63, 3.8) is 0 Å². The Morgan fingerprint density at radius 1 is 1.27 bits per heavy atom. The Bertz CT molecular complexity index is 753. The molecule has 7 nitrogen and oxygen atoms in total. The molecule has 4 rings (SSSR count). The van der Waals surface area contributed by atoms with Gasteiger partial charge in [-0.3, -0.25) is 4.90 Å². The van der Waals surface area contributed by atoms with Gasteiger partial charge in [-0.25, -0.2) is 9.78 Å². The molecule has 0 bridgehead atoms. The highest BCUT2D eigenvalue weighted by molar-refractivity contribution is 5.76. The number of carbonyl (C=O) groups is 1. The summed E-state index contributed by atoms with van der Waals surface area (Å²) in [6.45, 7) is 3.94. The molecule has 0 radical (unpaired) electrons. The van der Waals surface area contributed by atoms with Gasteiger partial charge in [-0.2, -0.15) is 0 Å². The number of amides is 2. The Morgan fingerprint density at radius 3 is 2.92 bits per heavy atom. The molecule has 3 N–H and O–H groups in total. The van der Waals surface area contributed by atoms with Crippen LogP contribution in [0.1, 0.15) is 31.2 Å². The number of H-pyrrole nitrogens is 1. The lowest BCUT2D eigenvalue weighted by molar-refractivity contribution is 0.0291. The summed E-state index contributed by atoms with van der Waals surface area (Å²) >= 11 is 0. The van der Waals surface area contributed by atoms with E-state index < -0.39 is 0 Å². The number of piperidine rings is 2. The van der Waals surface area contributed by atoms with Crippen molar-refractivity contribution in [2.45, 2.75) is 44.4 Å². The lowest BCUT2D eigenvalue weighted by Crippen LogP contribution is -2.52. The summed E-state index contributed by atoms with van der Waals surface area (Å²) in [5, 5.41) is 12.9. The van der Waals surface area contributed by atoms with Crippen LogP contribution >= 0.6 is 0 Å². The van der Waals surface area contributed by atoms with Gasteiger partial charge in [0.1, 0.15) is 0 Å². The fourth-order valence-corrected chi connectivity index (χ4v) is 4.13. The highest BCUT2D eigenvalue weighted by Crippen LogP contribution is 2.21. The van der Waals surface area contributed by atoms with Gasteiger partial charge >= 0.3 is 6.03 Å². The van der Waals surface area contributed by atoms with E-state index in [-0.39, 0.29) is 12.1 Å². The van der Waals surface area contributed by atoms with Crippen LogP contribution in [0.5, 0.6) is 0 Å². The first-order chi connectivity index (χ1) is 12.7. The number of hydrogen-bond acceptors (Lipinski definition) is 4. The van der Waals surface area contributed by atoms with Crippen LogP contribution < -0.4 is 5.32 Å². The van der Waals surface area contributed by atoms with Crippen LogP contribution in [-0.4, -0.2) is 69.2 Å². The summed E-state index contributed by atoms with van der Waals surface area (Å²) < 4.78 is 0. The Balaban J connectivity index is 1.25. The largest absolute Gasteiger partial charge is 0.392 e. The highest BCUT2D eigenvalue weighted by Gasteiger charge is 2.29. The van der Waals surface area contributed by atoms with Gasteiger partial charge in [-0.1, -0.05) is 6.07 Å². The van der Waals surface area contributed by atoms with Crippen molar-refractivity contribution in [1.29, 1.82) is 0 Å². The number of urea groups is 1. The predicted molar refractivity (Wildman–Crippen MR) is 99.7 cm³/mol. The fourth-order valence-electron chi connectivity index (χ4n) is 4.13. The van der Waals surface area contributed by atoms with Crippen molar-refractivity contribution in [2.75, 3.05) is 26.2 Å². The third-order valence-corrected chi connectivity index (χ3v) is 5.62. The zero-order valence-corrected chi connectivity index (χ0v) is 15.0. The average Bonchev–Trinajstić information content (AvgIpc) is 3.14. The summed E-state index contributed by atoms with van der Waals surface area (Å²) in [6.07, 6.45) is 5.46. The Hall–Kier alpha value is -2.12. The molecule has 2 aromatic rings. The topological polar surface area (TPSA) is 84.5 Å². The summed E-state index contributed by atoms with van der Waals surface area (Å²) in [4.78, 5) is 24.1. The number of likely N-dealkylation sites (tertiary alicyclic amines) is 2. The van der Waals surface area contributed by atoms with Gasteiger partial charge in [0, 0.05) is 32.2 Å². The van der Waals surface area contributed by atoms with Gasteiger partial charge in [0.2, 0.25) is 0 Å². The first-order valence-corrected chi connectivity index (χ1v) is 9.56. The molecule has 0 unspecified atom stereocenters. The number of aromatic amines is 1. The third-order valence-electron chi connectivity index (χ3n) is 5.62. The van der Waals surface area contributed by atoms with Crippen LogP contribution in [0, 0.1) is 0 Å². The molecule has 2 saturated heterocycles. The van der Waals surface area contributed by atoms with Crippen molar-refractivity contribution < 1.29 is 9.90 Å². The number of imidazole rings is 1. The molecule has 0 saturated carbocycles. The molecule has 0 aliphatic carbocycles. The second-order valence-electron chi connectivity index (χ2n) is 7.42. The number of carbonyl (C=O) groups excluding carboxylic acids is 1. The highest BCUT2D eigenvalue weighted by atomic mass is 16.3. The molecule has 1 aromatic heterocycles. The molecule has 2 aliphatic heterocycles. The number of fused-ring (bicyclic) bond motifs is 1. The van der Waals surface area contributed by atoms with Crippen LogP contribution in [0.3, 0.4) is 0 Å². The number of aliphatic hydroxyl groups is 1. The summed E-state index contributed by atoms with van der Waals surface area (Å²) in [5.41, 5.74) is 2.98. The Kier molecular flexibility index (Phi) is 5.08. The summed E-state index contributed by atoms with van der Waals surface area (Å²) in [6, 6.07) is 6.49. The van der Waals surface area contributed by atoms with Gasteiger partial charge in [-0.15, -0.1) is 0 Å². The molecule has 0 spiro atoms. The first-order valence-electron chi connectivity index (χ1n) is 9.56. The second-order valence-corrected chi connectivity index (χ2v) is 7.42. The Labute approximate surface area is 153 Å². The number of benzene rings is 1. The van der Waals surface area contributed by atoms with Gasteiger partial charge in [-0.05, 0) is 49.9 Å². The molecule has 1 atom stereocenters. The van der Waals surface area contributed by atoms with E-state index in [1.54, 1.807) is 6.33 Å². The molecule has 2 amide bonds. The van der Waals surface area contributed by atoms with Crippen LogP contribution in [-0.2, 0) is 6.54 Å². The number of β-amino-alcohol motifs (C(OH)–C–C–N with tert-alkyl or cyclic N) is 1. The SMILES string of the molecule is O=C(NCc1ccc2nc[nH]c2c1)N1CCC(N2CCC[C@@H](O)C2)CC1. The zero-order chi connectivity index (χ0) is 17.9. The van der Waals surface area contributed by atoms with E-state index in [0.29, 0.717) is 12.6 Å². The Morgan fingerprint density at radius 2 is 2.12 bits per heavy atom. The van der Waals surface area contributed by atoms with Gasteiger partial charge < -0.3 is 20.3 Å². The van der Waals surface area contributed by atoms with Gasteiger partial charge in [0.05, 0.1) is 23.5 Å². The molecule has 2 fully saturated rings. The van der Waals surface area contributed by atoms with Crippen molar-refractivity contribution in [3.8, 4) is 0 Å². The molecule has 3 heterocycles. The van der Waals surface area contributed by atoms with E-state index in [1.807, 2.05) is 23.1 Å². The average molecular weight is 357 g/mol. The second kappa shape index (κ2) is 7.63. The molecule has 140 valence electrons. The normalized spacial score (nSPS) is 22.7. The molecule has 7 heteroatoms. The van der Waals surface area contributed by atoms with E-state index in [0.717, 1.165) is 68.5 Å². The maximum atomic E-state index is 12.5. The number of aromatic nitrogens is 2. The van der Waals surface area contributed by atoms with Crippen molar-refractivity contribution >= 4 is 17.1 Å². The number of rotatable bonds is 3. The van der Waals surface area contributed by atoms with Crippen LogP contribution in [0.2, 0.25) is 0 Å². The van der Waals surface area contributed by atoms with Gasteiger partial charge in [0.25, 0.3) is 0 Å². The van der Waals surface area contributed by atoms with Gasteiger partial charge in [0.15, 0.2) is 0 Å². The minimum Gasteiger partial charge on any atom is -0.392 e. The standard InChI is InChI=1S/C19H27N5O2/c25-16-2-1-7-24(12-16)15-5-8-23(9-6-15)19(26)20-11-14-3-4-17-18(10-14)22-13-21-17/h3-4,10,13,15-16,25H,1-2,5-9,11-12H2,(H,20,26)(H,21,22)/t16-/m1/s1. The van der Waals surface area contributed by atoms with Crippen molar-refractivity contribution in [3.05, 3.63) is 30.1 Å². The summed E-state index contributed by atoms with van der Waals surface area (Å²) in [7, 11) is 0. The van der Waals surface area contributed by atoms with Crippen LogP contribution in [0.4, 0.5) is 4.79 Å². The molecule has 26 heavy (non-hydrogen) atoms. The quantitative estimate of drug-likeness (QED) is 0.781. The molecule has 2 aliphatic rings. The minimum atomic E-state index is -0.183. The number of nitrogens with zero attached hydrogens (tertiary/aromatic N) is 3. The van der Waals surface area contributed by atoms with E-state index in [9.17, 15) is 9.90 Å². The van der Waals surface area contributed by atoms with Crippen LogP contribution in [0.15, 0.2) is 24.5 Å². The lowest BCUT2D eigenvalue weighted by Gasteiger charge is -2.41. The third kappa shape index (κ3) is 3.83. The maximum Gasteiger partial charge on any atom is 0.317 e. The fraction of sp³-hybridized carbons (Fsp3) is 0.579. The van der Waals surface area contributed by atoms with Crippen LogP contribution in [0.25, 0.3) is 11.0 Å². The van der Waals surface area contributed by atoms with E-state index in [1.165, 1.54) is 0 Å². The lowest BCUT2D eigenvalue weighted by atomic mass is 9.99. The summed E-state index contributed by atoms with van der Waals surface area (Å²) in [5.74, 6) is 0. The maximum absolute atomic E-state index is 12.5. The monoisotopic (exact) mass is 357 g/mol. The van der Waals surface area contributed by atoms with E-state index in [2.05, 4.69) is 20.2 Å². The predicted octanol–water partition coefficient (Wildman–Crippen LogP) is 1.69. The smallest absolute Gasteiger partial charge is 0.317 e. The molecule has 1 aromatic carbocycles. The molecular weight excluding hydrogens is 330 g/mol. The first kappa shape index (κ1) is 17.3. The number of hydrogen-bond donors (Lipinski definition) is 3. The van der Waals surface area contributed by atoms with Crippen molar-refractivity contribution in [1.82, 2.24) is 25.1 Å². The number of nitrogens with one attached hydrogen (secondary N) is 2. The number of aliphatic hydroxyl groups excluding tert-OH is 1. The van der Waals surface area contributed by atoms with E-state index >= 15 is 0 Å². The minimum absolute atomic E-state index is 0.00633. The van der Waals surface area contributed by atoms with E-state index in [4.69, 9.17) is 0 Å². The zero-order valence-electron chi connectivity index (χ0n) is 15.0. The van der Waals surface area contributed by atoms with Crippen molar-refractivity contribution in [2.24, 2.45) is 0 Å².